The van der Waals surface area contributed by atoms with Gasteiger partial charge in [0.25, 0.3) is 6.43 Å². The number of ether oxygens (including phenoxy) is 1. The van der Waals surface area contributed by atoms with Gasteiger partial charge in [0.1, 0.15) is 12.4 Å². The zero-order valence-corrected chi connectivity index (χ0v) is 15.3. The van der Waals surface area contributed by atoms with Crippen LogP contribution in [0.2, 0.25) is 0 Å². The molecule has 0 aliphatic heterocycles. The summed E-state index contributed by atoms with van der Waals surface area (Å²) in [5.74, 6) is -0.322. The smallest absolute Gasteiger partial charge is 0.272 e. The highest BCUT2D eigenvalue weighted by atomic mass is 19.3. The van der Waals surface area contributed by atoms with Crippen LogP contribution < -0.4 is 10.1 Å². The topological polar surface area (TPSA) is 80.1 Å². The molecular formula is C19H17F3N6O. The molecule has 3 heterocycles. The Morgan fingerprint density at radius 2 is 2.10 bits per heavy atom. The van der Waals surface area contributed by atoms with E-state index >= 15 is 0 Å². The molecule has 7 nitrogen and oxygen atoms in total. The van der Waals surface area contributed by atoms with Gasteiger partial charge in [0.05, 0.1) is 18.4 Å². The fourth-order valence-corrected chi connectivity index (χ4v) is 2.91. The van der Waals surface area contributed by atoms with Crippen LogP contribution >= 0.6 is 0 Å². The number of H-pyrrole nitrogens is 1. The van der Waals surface area contributed by atoms with Gasteiger partial charge >= 0.3 is 0 Å². The van der Waals surface area contributed by atoms with Crippen LogP contribution in [0.25, 0.3) is 16.8 Å². The van der Waals surface area contributed by atoms with Gasteiger partial charge in [0, 0.05) is 23.5 Å². The molecule has 0 amide bonds. The van der Waals surface area contributed by atoms with Gasteiger partial charge in [-0.25, -0.2) is 22.7 Å². The molecule has 0 saturated heterocycles. The number of halogens is 3. The number of benzene rings is 1. The van der Waals surface area contributed by atoms with E-state index in [0.717, 1.165) is 11.1 Å². The van der Waals surface area contributed by atoms with Crippen LogP contribution in [0.5, 0.6) is 5.75 Å². The second kappa shape index (κ2) is 7.82. The van der Waals surface area contributed by atoms with Crippen LogP contribution in [0.1, 0.15) is 18.5 Å². The second-order valence-electron chi connectivity index (χ2n) is 6.38. The lowest BCUT2D eigenvalue weighted by molar-refractivity contribution is 0.0799. The molecule has 1 unspecified atom stereocenters. The van der Waals surface area contributed by atoms with Crippen molar-refractivity contribution in [2.45, 2.75) is 19.4 Å². The number of fused-ring (bicyclic) bond motifs is 1. The van der Waals surface area contributed by atoms with E-state index in [1.54, 1.807) is 41.4 Å². The fraction of sp³-hybridized carbons (Fsp3) is 0.211. The average molecular weight is 402 g/mol. The number of aromatic amines is 1. The van der Waals surface area contributed by atoms with Gasteiger partial charge in [-0.1, -0.05) is 6.07 Å². The molecule has 10 heteroatoms. The van der Waals surface area contributed by atoms with Crippen molar-refractivity contribution in [3.8, 4) is 16.9 Å². The highest BCUT2D eigenvalue weighted by Crippen LogP contribution is 2.26. The summed E-state index contributed by atoms with van der Waals surface area (Å²) in [7, 11) is 0. The first-order valence-electron chi connectivity index (χ1n) is 8.81. The second-order valence-corrected chi connectivity index (χ2v) is 6.38. The van der Waals surface area contributed by atoms with E-state index in [1.165, 1.54) is 12.1 Å². The molecule has 4 aromatic rings. The van der Waals surface area contributed by atoms with Crippen LogP contribution in [0.15, 0.2) is 49.1 Å². The maximum atomic E-state index is 14.1. The normalized spacial score (nSPS) is 12.4. The van der Waals surface area contributed by atoms with Gasteiger partial charge in [-0.2, -0.15) is 10.2 Å². The van der Waals surface area contributed by atoms with Crippen molar-refractivity contribution in [1.29, 1.82) is 0 Å². The lowest BCUT2D eigenvalue weighted by Crippen LogP contribution is -2.10. The third-order valence-corrected chi connectivity index (χ3v) is 4.36. The summed E-state index contributed by atoms with van der Waals surface area (Å²) in [5.41, 5.74) is 2.95. The first kappa shape index (κ1) is 18.8. The van der Waals surface area contributed by atoms with E-state index in [2.05, 4.69) is 25.6 Å². The van der Waals surface area contributed by atoms with Crippen LogP contribution in [-0.2, 0) is 0 Å². The minimum Gasteiger partial charge on any atom is -0.485 e. The van der Waals surface area contributed by atoms with Gasteiger partial charge < -0.3 is 10.1 Å². The third-order valence-electron chi connectivity index (χ3n) is 4.36. The number of anilines is 1. The standard InChI is InChI=1S/C19H17F3N6O/c1-11(12-2-3-16(15(20)6-12)29-10-17(21)22)26-18-4-5-28-19(27-18)14(9-25-28)13-7-23-24-8-13/h2-9,11,17H,10H2,1H3,(H,23,24)(H,26,27). The monoisotopic (exact) mass is 402 g/mol. The first-order valence-corrected chi connectivity index (χ1v) is 8.81. The summed E-state index contributed by atoms with van der Waals surface area (Å²) in [4.78, 5) is 4.59. The van der Waals surface area contributed by atoms with E-state index in [-0.39, 0.29) is 11.8 Å². The minimum atomic E-state index is -2.66. The molecular weight excluding hydrogens is 385 g/mol. The van der Waals surface area contributed by atoms with E-state index < -0.39 is 18.8 Å². The number of hydrogen-bond acceptors (Lipinski definition) is 5. The van der Waals surface area contributed by atoms with E-state index in [9.17, 15) is 13.2 Å². The van der Waals surface area contributed by atoms with Crippen molar-refractivity contribution in [2.24, 2.45) is 0 Å². The van der Waals surface area contributed by atoms with E-state index in [4.69, 9.17) is 4.74 Å². The number of nitrogens with one attached hydrogen (secondary N) is 2. The molecule has 2 N–H and O–H groups in total. The largest absolute Gasteiger partial charge is 0.485 e. The number of alkyl halides is 2. The molecule has 0 spiro atoms. The maximum absolute atomic E-state index is 14.1. The predicted molar refractivity (Wildman–Crippen MR) is 101 cm³/mol. The Balaban J connectivity index is 1.53. The molecule has 0 fully saturated rings. The predicted octanol–water partition coefficient (Wildman–Crippen LogP) is 4.08. The Kier molecular flexibility index (Phi) is 5.07. The van der Waals surface area contributed by atoms with Gasteiger partial charge in [-0.3, -0.25) is 5.10 Å². The van der Waals surface area contributed by atoms with Crippen molar-refractivity contribution < 1.29 is 17.9 Å². The van der Waals surface area contributed by atoms with Crippen molar-refractivity contribution in [2.75, 3.05) is 11.9 Å². The molecule has 29 heavy (non-hydrogen) atoms. The van der Waals surface area contributed by atoms with Gasteiger partial charge in [0.2, 0.25) is 0 Å². The SMILES string of the molecule is CC(Nc1ccn2ncc(-c3cn[nH]c3)c2n1)c1ccc(OCC(F)F)c(F)c1. The molecule has 0 bridgehead atoms. The molecule has 0 aliphatic rings. The van der Waals surface area contributed by atoms with Gasteiger partial charge in [-0.15, -0.1) is 0 Å². The van der Waals surface area contributed by atoms with Gasteiger partial charge in [-0.05, 0) is 30.7 Å². The van der Waals surface area contributed by atoms with E-state index in [1.807, 2.05) is 6.92 Å². The summed E-state index contributed by atoms with van der Waals surface area (Å²) < 4.78 is 45.0. The number of nitrogens with zero attached hydrogens (tertiary/aromatic N) is 4. The summed E-state index contributed by atoms with van der Waals surface area (Å²) in [6, 6.07) is 5.69. The maximum Gasteiger partial charge on any atom is 0.272 e. The molecule has 1 aromatic carbocycles. The zero-order valence-electron chi connectivity index (χ0n) is 15.3. The average Bonchev–Trinajstić information content (AvgIpc) is 3.36. The van der Waals surface area contributed by atoms with Crippen LogP contribution in [0.3, 0.4) is 0 Å². The first-order chi connectivity index (χ1) is 14.0. The highest BCUT2D eigenvalue weighted by molar-refractivity contribution is 5.76. The lowest BCUT2D eigenvalue weighted by atomic mass is 10.1. The van der Waals surface area contributed by atoms with Crippen LogP contribution in [0.4, 0.5) is 19.0 Å². The molecule has 0 aliphatic carbocycles. The Bertz CT molecular complexity index is 1110. The molecule has 4 rings (SSSR count). The van der Waals surface area contributed by atoms with Crippen LogP contribution in [-0.4, -0.2) is 37.8 Å². The third kappa shape index (κ3) is 4.00. The van der Waals surface area contributed by atoms with E-state index in [0.29, 0.717) is 17.0 Å². The zero-order chi connectivity index (χ0) is 20.4. The quantitative estimate of drug-likeness (QED) is 0.487. The van der Waals surface area contributed by atoms with Crippen molar-refractivity contribution >= 4 is 11.5 Å². The summed E-state index contributed by atoms with van der Waals surface area (Å²) in [6.07, 6.45) is 4.24. The number of aromatic nitrogens is 5. The Morgan fingerprint density at radius 3 is 2.83 bits per heavy atom. The molecule has 0 radical (unpaired) electrons. The fourth-order valence-electron chi connectivity index (χ4n) is 2.91. The van der Waals surface area contributed by atoms with Crippen molar-refractivity contribution in [3.63, 3.8) is 0 Å². The van der Waals surface area contributed by atoms with Gasteiger partial charge in [0.15, 0.2) is 17.2 Å². The van der Waals surface area contributed by atoms with Crippen molar-refractivity contribution in [3.05, 3.63) is 60.4 Å². The summed E-state index contributed by atoms with van der Waals surface area (Å²) in [6.45, 7) is 0.992. The Hall–Kier alpha value is -3.56. The number of hydrogen-bond donors (Lipinski definition) is 2. The van der Waals surface area contributed by atoms with Crippen LogP contribution in [0, 0.1) is 5.82 Å². The highest BCUT2D eigenvalue weighted by Gasteiger charge is 2.14. The Labute approximate surface area is 163 Å². The Morgan fingerprint density at radius 1 is 1.24 bits per heavy atom. The lowest BCUT2D eigenvalue weighted by Gasteiger charge is -2.16. The summed E-state index contributed by atoms with van der Waals surface area (Å²) in [5, 5.41) is 14.2. The molecule has 150 valence electrons. The molecule has 0 saturated carbocycles. The van der Waals surface area contributed by atoms with Crippen molar-refractivity contribution in [1.82, 2.24) is 24.8 Å². The molecule has 1 atom stereocenters. The number of rotatable bonds is 7. The molecule has 3 aromatic heterocycles. The minimum absolute atomic E-state index is 0.204. The summed E-state index contributed by atoms with van der Waals surface area (Å²) >= 11 is 0.